The number of nitrogens with zero attached hydrogens (tertiary/aromatic N) is 2. The molecule has 2 rings (SSSR count). The van der Waals surface area contributed by atoms with E-state index in [0.29, 0.717) is 17.4 Å². The van der Waals surface area contributed by atoms with Gasteiger partial charge in [-0.2, -0.15) is 5.10 Å². The van der Waals surface area contributed by atoms with Gasteiger partial charge in [-0.25, -0.2) is 0 Å². The molecule has 1 aromatic heterocycles. The first kappa shape index (κ1) is 11.0. The molecule has 0 aromatic carbocycles. The molecule has 0 bridgehead atoms. The highest BCUT2D eigenvalue weighted by Gasteiger charge is 2.27. The molecule has 2 heterocycles. The molecule has 0 spiro atoms. The summed E-state index contributed by atoms with van der Waals surface area (Å²) in [7, 11) is 0. The van der Waals surface area contributed by atoms with Crippen molar-refractivity contribution in [3.05, 3.63) is 11.9 Å². The van der Waals surface area contributed by atoms with Gasteiger partial charge in [0.15, 0.2) is 0 Å². The summed E-state index contributed by atoms with van der Waals surface area (Å²) in [5, 5.41) is 6.47. The van der Waals surface area contributed by atoms with E-state index >= 15 is 0 Å². The molecule has 0 saturated carbocycles. The number of carbonyl (C=O) groups is 1. The number of hydrogen-bond acceptors (Lipinski definition) is 3. The van der Waals surface area contributed by atoms with Crippen molar-refractivity contribution in [2.75, 3.05) is 12.3 Å². The predicted molar refractivity (Wildman–Crippen MR) is 62.0 cm³/mol. The predicted octanol–water partition coefficient (Wildman–Crippen LogP) is 1.40. The molecular weight excluding hydrogens is 204 g/mol. The van der Waals surface area contributed by atoms with Gasteiger partial charge in [0, 0.05) is 12.6 Å². The number of nitrogen functional groups attached to an aromatic ring is 1. The highest BCUT2D eigenvalue weighted by molar-refractivity contribution is 5.97. The van der Waals surface area contributed by atoms with Crippen molar-refractivity contribution in [1.29, 1.82) is 0 Å². The lowest BCUT2D eigenvalue weighted by molar-refractivity contribution is 0.0603. The Hall–Kier alpha value is -1.52. The minimum Gasteiger partial charge on any atom is -0.396 e. The highest BCUT2D eigenvalue weighted by Crippen LogP contribution is 2.22. The summed E-state index contributed by atoms with van der Waals surface area (Å²) in [5.74, 6) is -0.0125. The van der Waals surface area contributed by atoms with Gasteiger partial charge in [-0.15, -0.1) is 0 Å². The highest BCUT2D eigenvalue weighted by atomic mass is 16.2. The number of carbonyl (C=O) groups excluding carboxylic acids is 1. The first-order valence-electron chi connectivity index (χ1n) is 5.83. The zero-order chi connectivity index (χ0) is 11.5. The van der Waals surface area contributed by atoms with Crippen molar-refractivity contribution in [3.8, 4) is 0 Å². The third-order valence-corrected chi connectivity index (χ3v) is 3.24. The fourth-order valence-electron chi connectivity index (χ4n) is 2.30. The molecule has 5 nitrogen and oxygen atoms in total. The standard InChI is InChI=1S/C11H18N4O/c1-2-8-5-3-4-6-15(8)11(16)10-9(12)7-13-14-10/h7-8H,2-6,12H2,1H3,(H,13,14). The van der Waals surface area contributed by atoms with Crippen molar-refractivity contribution in [2.24, 2.45) is 0 Å². The van der Waals surface area contributed by atoms with E-state index in [2.05, 4.69) is 17.1 Å². The molecule has 5 heteroatoms. The second-order valence-electron chi connectivity index (χ2n) is 4.26. The van der Waals surface area contributed by atoms with E-state index in [9.17, 15) is 4.79 Å². The van der Waals surface area contributed by atoms with Crippen LogP contribution in [-0.2, 0) is 0 Å². The molecule has 1 saturated heterocycles. The average molecular weight is 222 g/mol. The molecule has 0 aliphatic carbocycles. The molecule has 88 valence electrons. The Bertz CT molecular complexity index is 374. The van der Waals surface area contributed by atoms with Gasteiger partial charge in [0.05, 0.1) is 11.9 Å². The maximum absolute atomic E-state index is 12.2. The first-order chi connectivity index (χ1) is 7.74. The lowest BCUT2D eigenvalue weighted by Crippen LogP contribution is -2.43. The van der Waals surface area contributed by atoms with E-state index in [0.717, 1.165) is 25.8 Å². The number of piperidine rings is 1. The van der Waals surface area contributed by atoms with Crippen LogP contribution < -0.4 is 5.73 Å². The lowest BCUT2D eigenvalue weighted by atomic mass is 9.99. The second kappa shape index (κ2) is 4.55. The number of aromatic amines is 1. The molecule has 1 unspecified atom stereocenters. The van der Waals surface area contributed by atoms with Crippen molar-refractivity contribution in [3.63, 3.8) is 0 Å². The van der Waals surface area contributed by atoms with E-state index in [4.69, 9.17) is 5.73 Å². The summed E-state index contributed by atoms with van der Waals surface area (Å²) in [4.78, 5) is 14.1. The molecule has 1 aliphatic rings. The normalized spacial score (nSPS) is 21.1. The Balaban J connectivity index is 2.17. The van der Waals surface area contributed by atoms with Crippen LogP contribution in [0.25, 0.3) is 0 Å². The van der Waals surface area contributed by atoms with E-state index in [1.807, 2.05) is 4.90 Å². The van der Waals surface area contributed by atoms with Gasteiger partial charge < -0.3 is 10.6 Å². The number of hydrogen-bond donors (Lipinski definition) is 2. The van der Waals surface area contributed by atoms with Crippen LogP contribution in [0.4, 0.5) is 5.69 Å². The van der Waals surface area contributed by atoms with Crippen LogP contribution >= 0.6 is 0 Å². The van der Waals surface area contributed by atoms with E-state index in [1.165, 1.54) is 12.6 Å². The van der Waals surface area contributed by atoms with Gasteiger partial charge in [-0.3, -0.25) is 9.89 Å². The number of likely N-dealkylation sites (tertiary alicyclic amines) is 1. The number of nitrogens with two attached hydrogens (primary N) is 1. The van der Waals surface area contributed by atoms with Crippen molar-refractivity contribution >= 4 is 11.6 Å². The molecule has 0 radical (unpaired) electrons. The fraction of sp³-hybridized carbons (Fsp3) is 0.636. The van der Waals surface area contributed by atoms with E-state index < -0.39 is 0 Å². The molecule has 3 N–H and O–H groups in total. The largest absolute Gasteiger partial charge is 0.396 e. The molecular formula is C11H18N4O. The molecule has 1 fully saturated rings. The summed E-state index contributed by atoms with van der Waals surface area (Å²) in [6.45, 7) is 2.95. The van der Waals surface area contributed by atoms with Crippen LogP contribution in [0.2, 0.25) is 0 Å². The zero-order valence-electron chi connectivity index (χ0n) is 9.57. The van der Waals surface area contributed by atoms with Crippen LogP contribution in [0.15, 0.2) is 6.20 Å². The quantitative estimate of drug-likeness (QED) is 0.794. The zero-order valence-corrected chi connectivity index (χ0v) is 9.57. The molecule has 1 aliphatic heterocycles. The van der Waals surface area contributed by atoms with Crippen LogP contribution in [0.3, 0.4) is 0 Å². The third kappa shape index (κ3) is 1.89. The van der Waals surface area contributed by atoms with Gasteiger partial charge in [-0.1, -0.05) is 6.92 Å². The number of anilines is 1. The van der Waals surface area contributed by atoms with E-state index in [-0.39, 0.29) is 5.91 Å². The second-order valence-corrected chi connectivity index (χ2v) is 4.26. The minimum absolute atomic E-state index is 0.0125. The summed E-state index contributed by atoms with van der Waals surface area (Å²) in [6, 6.07) is 0.351. The van der Waals surface area contributed by atoms with Gasteiger partial charge in [-0.05, 0) is 25.7 Å². The van der Waals surface area contributed by atoms with Crippen LogP contribution in [0.1, 0.15) is 43.1 Å². The Morgan fingerprint density at radius 1 is 1.69 bits per heavy atom. The van der Waals surface area contributed by atoms with Crippen molar-refractivity contribution in [2.45, 2.75) is 38.6 Å². The lowest BCUT2D eigenvalue weighted by Gasteiger charge is -2.35. The summed E-state index contributed by atoms with van der Waals surface area (Å²) >= 11 is 0. The Kier molecular flexibility index (Phi) is 3.12. The first-order valence-corrected chi connectivity index (χ1v) is 5.83. The topological polar surface area (TPSA) is 75.0 Å². The van der Waals surface area contributed by atoms with Gasteiger partial charge in [0.2, 0.25) is 0 Å². The number of rotatable bonds is 2. The summed E-state index contributed by atoms with van der Waals surface area (Å²) in [5.41, 5.74) is 6.56. The van der Waals surface area contributed by atoms with Crippen LogP contribution in [0.5, 0.6) is 0 Å². The number of amides is 1. The van der Waals surface area contributed by atoms with Crippen molar-refractivity contribution in [1.82, 2.24) is 15.1 Å². The molecule has 1 aromatic rings. The Morgan fingerprint density at radius 2 is 2.50 bits per heavy atom. The van der Waals surface area contributed by atoms with Crippen LogP contribution in [-0.4, -0.2) is 33.6 Å². The Morgan fingerprint density at radius 3 is 3.12 bits per heavy atom. The van der Waals surface area contributed by atoms with E-state index in [1.54, 1.807) is 0 Å². The van der Waals surface area contributed by atoms with Crippen molar-refractivity contribution < 1.29 is 4.79 Å². The summed E-state index contributed by atoms with van der Waals surface area (Å²) in [6.07, 6.45) is 5.87. The summed E-state index contributed by atoms with van der Waals surface area (Å²) < 4.78 is 0. The maximum atomic E-state index is 12.2. The smallest absolute Gasteiger partial charge is 0.274 e. The molecule has 1 amide bonds. The van der Waals surface area contributed by atoms with Crippen LogP contribution in [0, 0.1) is 0 Å². The average Bonchev–Trinajstić information content (AvgIpc) is 2.74. The third-order valence-electron chi connectivity index (χ3n) is 3.24. The minimum atomic E-state index is -0.0125. The van der Waals surface area contributed by atoms with Gasteiger partial charge in [0.1, 0.15) is 5.69 Å². The monoisotopic (exact) mass is 222 g/mol. The number of H-pyrrole nitrogens is 1. The Labute approximate surface area is 95.0 Å². The SMILES string of the molecule is CCC1CCCCN1C(=O)c1[nH]ncc1N. The van der Waals surface area contributed by atoms with Gasteiger partial charge in [0.25, 0.3) is 5.91 Å². The molecule has 16 heavy (non-hydrogen) atoms. The van der Waals surface area contributed by atoms with Gasteiger partial charge >= 0.3 is 0 Å². The number of aromatic nitrogens is 2. The maximum Gasteiger partial charge on any atom is 0.274 e. The molecule has 1 atom stereocenters. The number of nitrogens with one attached hydrogen (secondary N) is 1. The fourth-order valence-corrected chi connectivity index (χ4v) is 2.30.